The summed E-state index contributed by atoms with van der Waals surface area (Å²) in [6.45, 7) is 0. The summed E-state index contributed by atoms with van der Waals surface area (Å²) in [5.74, 6) is 0.336. The molecule has 1 saturated carbocycles. The van der Waals surface area contributed by atoms with Gasteiger partial charge < -0.3 is 10.4 Å². The number of aromatic hydroxyl groups is 1. The summed E-state index contributed by atoms with van der Waals surface area (Å²) >= 11 is 3.01. The lowest BCUT2D eigenvalue weighted by atomic mass is 10.1. The van der Waals surface area contributed by atoms with Crippen molar-refractivity contribution in [3.8, 4) is 17.0 Å². The summed E-state index contributed by atoms with van der Waals surface area (Å²) in [5.41, 5.74) is 1.23. The number of thiazole rings is 1. The van der Waals surface area contributed by atoms with Crippen molar-refractivity contribution >= 4 is 40.0 Å². The quantitative estimate of drug-likeness (QED) is 0.517. The zero-order chi connectivity index (χ0) is 21.1. The highest BCUT2D eigenvalue weighted by molar-refractivity contribution is 7.98. The van der Waals surface area contributed by atoms with Gasteiger partial charge in [-0.3, -0.25) is 14.9 Å². The number of rotatable bonds is 7. The second kappa shape index (κ2) is 8.49. The van der Waals surface area contributed by atoms with Crippen LogP contribution in [0.15, 0.2) is 60.0 Å². The van der Waals surface area contributed by atoms with Crippen molar-refractivity contribution in [1.82, 2.24) is 10.3 Å². The van der Waals surface area contributed by atoms with Crippen molar-refractivity contribution in [1.29, 1.82) is 0 Å². The third kappa shape index (κ3) is 4.20. The van der Waals surface area contributed by atoms with E-state index in [1.165, 1.54) is 35.6 Å². The minimum absolute atomic E-state index is 0.0575. The smallest absolute Gasteiger partial charge is 0.252 e. The van der Waals surface area contributed by atoms with Crippen molar-refractivity contribution in [3.05, 3.63) is 65.5 Å². The average Bonchev–Trinajstić information content (AvgIpc) is 3.24. The number of benzene rings is 2. The van der Waals surface area contributed by atoms with Crippen LogP contribution >= 0.6 is 23.1 Å². The Labute approximate surface area is 182 Å². The summed E-state index contributed by atoms with van der Waals surface area (Å²) in [6, 6.07) is 15.7. The molecule has 3 aromatic rings. The van der Waals surface area contributed by atoms with E-state index >= 15 is 0 Å². The summed E-state index contributed by atoms with van der Waals surface area (Å²) in [7, 11) is 0. The summed E-state index contributed by atoms with van der Waals surface area (Å²) < 4.78 is 0. The summed E-state index contributed by atoms with van der Waals surface area (Å²) in [4.78, 5) is 30.4. The van der Waals surface area contributed by atoms with Crippen LogP contribution in [0.1, 0.15) is 16.8 Å². The van der Waals surface area contributed by atoms with Crippen molar-refractivity contribution in [2.75, 3.05) is 17.3 Å². The van der Waals surface area contributed by atoms with Gasteiger partial charge in [-0.15, -0.1) is 11.3 Å². The van der Waals surface area contributed by atoms with Gasteiger partial charge in [0.05, 0.1) is 5.69 Å². The van der Waals surface area contributed by atoms with Gasteiger partial charge in [0, 0.05) is 22.4 Å². The number of hydrogen-bond donors (Lipinski definition) is 3. The molecule has 1 aliphatic rings. The van der Waals surface area contributed by atoms with Crippen molar-refractivity contribution in [2.45, 2.75) is 12.0 Å². The van der Waals surface area contributed by atoms with Gasteiger partial charge in [-0.25, -0.2) is 4.98 Å². The molecule has 154 valence electrons. The lowest BCUT2D eigenvalue weighted by molar-refractivity contribution is -0.119. The van der Waals surface area contributed by atoms with Gasteiger partial charge in [0.1, 0.15) is 11.3 Å². The molecule has 2 amide bonds. The third-order valence-corrected chi connectivity index (χ3v) is 6.63. The molecule has 4 rings (SSSR count). The van der Waals surface area contributed by atoms with Crippen LogP contribution in [-0.4, -0.2) is 39.5 Å². The summed E-state index contributed by atoms with van der Waals surface area (Å²) in [6.07, 6.45) is 2.57. The van der Waals surface area contributed by atoms with Gasteiger partial charge in [-0.05, 0) is 42.7 Å². The fourth-order valence-electron chi connectivity index (χ4n) is 3.39. The monoisotopic (exact) mass is 439 g/mol. The fraction of sp³-hybridized carbons (Fsp3) is 0.227. The van der Waals surface area contributed by atoms with E-state index in [9.17, 15) is 14.7 Å². The van der Waals surface area contributed by atoms with Crippen LogP contribution in [0.3, 0.4) is 0 Å². The molecule has 1 aliphatic carbocycles. The number of aromatic nitrogens is 1. The van der Waals surface area contributed by atoms with E-state index in [0.717, 1.165) is 17.0 Å². The van der Waals surface area contributed by atoms with E-state index in [4.69, 9.17) is 0 Å². The maximum atomic E-state index is 13.1. The average molecular weight is 440 g/mol. The van der Waals surface area contributed by atoms with E-state index in [0.29, 0.717) is 17.1 Å². The molecule has 0 saturated heterocycles. The lowest BCUT2D eigenvalue weighted by Crippen LogP contribution is -2.48. The third-order valence-electron chi connectivity index (χ3n) is 5.14. The number of carbonyl (C=O) groups excluding carboxylic acids is 2. The topological polar surface area (TPSA) is 91.3 Å². The molecule has 6 nitrogen and oxygen atoms in total. The fourth-order valence-corrected chi connectivity index (χ4v) is 4.91. The molecule has 2 aromatic carbocycles. The van der Waals surface area contributed by atoms with Gasteiger partial charge >= 0.3 is 0 Å². The van der Waals surface area contributed by atoms with Crippen LogP contribution in [0, 0.1) is 5.92 Å². The Morgan fingerprint density at radius 2 is 1.93 bits per heavy atom. The standard InChI is InChI=1S/C22H21N3O3S2/c1-29-12-16-11-22(16,25-19(27)15-7-9-17(26)10-8-15)20(28)24-21-23-18(13-30-21)14-5-3-2-4-6-14/h2-10,13,16,26H,11-12H2,1H3,(H,25,27)(H,23,24,28). The number of phenolic OH excluding ortho intramolecular Hbond substituents is 1. The number of hydrogen-bond acceptors (Lipinski definition) is 6. The Hall–Kier alpha value is -2.84. The maximum absolute atomic E-state index is 13.1. The Morgan fingerprint density at radius 3 is 2.63 bits per heavy atom. The number of anilines is 1. The molecule has 0 radical (unpaired) electrons. The minimum atomic E-state index is -0.948. The van der Waals surface area contributed by atoms with Crippen molar-refractivity contribution < 1.29 is 14.7 Å². The predicted molar refractivity (Wildman–Crippen MR) is 121 cm³/mol. The molecular formula is C22H21N3O3S2. The SMILES string of the molecule is CSCC1CC1(NC(=O)c1ccc(O)cc1)C(=O)Nc1nc(-c2ccccc2)cs1. The first-order valence-corrected chi connectivity index (χ1v) is 11.7. The second-order valence-corrected chi connectivity index (χ2v) is 8.96. The molecule has 3 N–H and O–H groups in total. The maximum Gasteiger partial charge on any atom is 0.252 e. The summed E-state index contributed by atoms with van der Waals surface area (Å²) in [5, 5.41) is 17.7. The molecule has 2 unspecified atom stereocenters. The highest BCUT2D eigenvalue weighted by Crippen LogP contribution is 2.46. The van der Waals surface area contributed by atoms with Crippen LogP contribution in [0.25, 0.3) is 11.3 Å². The Morgan fingerprint density at radius 1 is 1.20 bits per heavy atom. The van der Waals surface area contributed by atoms with E-state index < -0.39 is 5.54 Å². The number of thioether (sulfide) groups is 1. The minimum Gasteiger partial charge on any atom is -0.508 e. The van der Waals surface area contributed by atoms with E-state index in [1.807, 2.05) is 42.0 Å². The highest BCUT2D eigenvalue weighted by atomic mass is 32.2. The second-order valence-electron chi connectivity index (χ2n) is 7.19. The molecule has 1 fully saturated rings. The van der Waals surface area contributed by atoms with Crippen LogP contribution in [0.4, 0.5) is 5.13 Å². The normalized spacial score (nSPS) is 19.8. The zero-order valence-electron chi connectivity index (χ0n) is 16.3. The Kier molecular flexibility index (Phi) is 5.78. The molecule has 0 spiro atoms. The van der Waals surface area contributed by atoms with E-state index in [-0.39, 0.29) is 23.5 Å². The first kappa shape index (κ1) is 20.4. The molecule has 1 aromatic heterocycles. The van der Waals surface area contributed by atoms with Crippen LogP contribution in [0.5, 0.6) is 5.75 Å². The molecule has 30 heavy (non-hydrogen) atoms. The predicted octanol–water partition coefficient (Wildman–Crippen LogP) is 4.01. The van der Waals surface area contributed by atoms with Gasteiger partial charge in [0.2, 0.25) is 0 Å². The lowest BCUT2D eigenvalue weighted by Gasteiger charge is -2.18. The molecule has 0 bridgehead atoms. The van der Waals surface area contributed by atoms with Crippen LogP contribution in [0.2, 0.25) is 0 Å². The van der Waals surface area contributed by atoms with Gasteiger partial charge in [0.15, 0.2) is 5.13 Å². The number of amides is 2. The van der Waals surface area contributed by atoms with Gasteiger partial charge in [-0.1, -0.05) is 30.3 Å². The number of phenols is 1. The molecule has 0 aliphatic heterocycles. The molecular weight excluding hydrogens is 418 g/mol. The van der Waals surface area contributed by atoms with E-state index in [1.54, 1.807) is 11.8 Å². The largest absolute Gasteiger partial charge is 0.508 e. The number of nitrogens with zero attached hydrogens (tertiary/aromatic N) is 1. The van der Waals surface area contributed by atoms with E-state index in [2.05, 4.69) is 15.6 Å². The highest BCUT2D eigenvalue weighted by Gasteiger charge is 2.60. The zero-order valence-corrected chi connectivity index (χ0v) is 17.9. The molecule has 1 heterocycles. The molecule has 8 heteroatoms. The Bertz CT molecular complexity index is 1050. The van der Waals surface area contributed by atoms with Gasteiger partial charge in [-0.2, -0.15) is 11.8 Å². The first-order chi connectivity index (χ1) is 14.5. The number of nitrogens with one attached hydrogen (secondary N) is 2. The van der Waals surface area contributed by atoms with Crippen molar-refractivity contribution in [2.24, 2.45) is 5.92 Å². The van der Waals surface area contributed by atoms with Crippen LogP contribution in [-0.2, 0) is 4.79 Å². The van der Waals surface area contributed by atoms with Gasteiger partial charge in [0.25, 0.3) is 11.8 Å². The van der Waals surface area contributed by atoms with Crippen LogP contribution < -0.4 is 10.6 Å². The van der Waals surface area contributed by atoms with Crippen molar-refractivity contribution in [3.63, 3.8) is 0 Å². The number of carbonyl (C=O) groups is 2. The Balaban J connectivity index is 1.50. The molecule has 2 atom stereocenters. The first-order valence-electron chi connectivity index (χ1n) is 9.45.